The number of nitrogens with zero attached hydrogens (tertiary/aromatic N) is 4. The topological polar surface area (TPSA) is 141 Å². The molecule has 10 nitrogen and oxygen atoms in total. The first-order valence-corrected chi connectivity index (χ1v) is 15.9. The van der Waals surface area contributed by atoms with Crippen molar-refractivity contribution < 1.29 is 19.4 Å². The predicted molar refractivity (Wildman–Crippen MR) is 183 cm³/mol. The van der Waals surface area contributed by atoms with Crippen molar-refractivity contribution in [2.45, 2.75) is 50.8 Å². The van der Waals surface area contributed by atoms with Gasteiger partial charge in [-0.05, 0) is 64.0 Å². The third kappa shape index (κ3) is 8.17. The van der Waals surface area contributed by atoms with Crippen molar-refractivity contribution >= 4 is 11.8 Å². The molecule has 47 heavy (non-hydrogen) atoms. The summed E-state index contributed by atoms with van der Waals surface area (Å²) in [6.07, 6.45) is 1.82. The smallest absolute Gasteiger partial charge is 0.266 e. The number of carbonyl (C=O) groups is 1. The zero-order valence-electron chi connectivity index (χ0n) is 26.5. The minimum absolute atomic E-state index is 0.0554. The Kier molecular flexibility index (Phi) is 11.6. The van der Waals surface area contributed by atoms with Gasteiger partial charge in [0.1, 0.15) is 5.75 Å². The molecule has 4 aromatic rings. The highest BCUT2D eigenvalue weighted by Crippen LogP contribution is 2.43. The molecule has 1 amide bonds. The SMILES string of the molecule is CCCCNNC(=O)[C@@]1(Cc2ccccc2CN=[N+]=[N-])N=C(c2ccc(OCCCO)cc2)O[C@H]1c1ccc(-c2ccccc2)cc1. The number of nitrogens with one attached hydrogen (secondary N) is 2. The van der Waals surface area contributed by atoms with Crippen molar-refractivity contribution in [3.8, 4) is 16.9 Å². The molecule has 0 fully saturated rings. The Morgan fingerprint density at radius 3 is 2.32 bits per heavy atom. The van der Waals surface area contributed by atoms with Gasteiger partial charge in [0.2, 0.25) is 5.90 Å². The van der Waals surface area contributed by atoms with Crippen molar-refractivity contribution in [2.75, 3.05) is 19.8 Å². The van der Waals surface area contributed by atoms with Crippen LogP contribution >= 0.6 is 0 Å². The van der Waals surface area contributed by atoms with Gasteiger partial charge in [-0.25, -0.2) is 10.4 Å². The highest BCUT2D eigenvalue weighted by atomic mass is 16.5. The van der Waals surface area contributed by atoms with Crippen LogP contribution in [0, 0.1) is 0 Å². The Morgan fingerprint density at radius 1 is 0.936 bits per heavy atom. The van der Waals surface area contributed by atoms with E-state index in [1.165, 1.54) is 0 Å². The molecule has 1 aliphatic heterocycles. The predicted octanol–water partition coefficient (Wildman–Crippen LogP) is 6.85. The first-order valence-electron chi connectivity index (χ1n) is 15.9. The minimum atomic E-state index is -1.41. The molecule has 2 atom stereocenters. The van der Waals surface area contributed by atoms with E-state index < -0.39 is 11.6 Å². The highest BCUT2D eigenvalue weighted by Gasteiger charge is 2.53. The van der Waals surface area contributed by atoms with E-state index in [1.807, 2.05) is 91.0 Å². The maximum Gasteiger partial charge on any atom is 0.266 e. The van der Waals surface area contributed by atoms with Crippen LogP contribution in [0.4, 0.5) is 0 Å². The van der Waals surface area contributed by atoms with Gasteiger partial charge in [-0.2, -0.15) is 0 Å². The fourth-order valence-electron chi connectivity index (χ4n) is 5.56. The molecule has 0 aromatic heterocycles. The Balaban J connectivity index is 1.58. The first-order chi connectivity index (χ1) is 23.1. The molecule has 1 aliphatic rings. The van der Waals surface area contributed by atoms with E-state index in [0.717, 1.165) is 40.7 Å². The molecule has 0 aliphatic carbocycles. The number of azide groups is 1. The van der Waals surface area contributed by atoms with Crippen molar-refractivity contribution in [1.29, 1.82) is 0 Å². The molecule has 0 saturated heterocycles. The van der Waals surface area contributed by atoms with Crippen LogP contribution in [-0.4, -0.2) is 42.2 Å². The van der Waals surface area contributed by atoms with Crippen molar-refractivity contribution in [1.82, 2.24) is 10.9 Å². The quantitative estimate of drug-likeness (QED) is 0.0408. The van der Waals surface area contributed by atoms with E-state index in [4.69, 9.17) is 25.1 Å². The molecule has 0 saturated carbocycles. The molecule has 3 N–H and O–H groups in total. The molecule has 1 heterocycles. The number of ether oxygens (including phenoxy) is 2. The lowest BCUT2D eigenvalue weighted by Gasteiger charge is -2.31. The third-order valence-electron chi connectivity index (χ3n) is 8.09. The molecule has 10 heteroatoms. The molecular weight excluding hydrogens is 592 g/mol. The zero-order valence-corrected chi connectivity index (χ0v) is 26.5. The summed E-state index contributed by atoms with van der Waals surface area (Å²) >= 11 is 0. The van der Waals surface area contributed by atoms with Gasteiger partial charge in [0, 0.05) is 36.5 Å². The Morgan fingerprint density at radius 2 is 1.62 bits per heavy atom. The number of carbonyl (C=O) groups excluding carboxylic acids is 1. The molecule has 5 rings (SSSR count). The number of hydrogen-bond acceptors (Lipinski definition) is 7. The second-order valence-electron chi connectivity index (χ2n) is 11.3. The van der Waals surface area contributed by atoms with Crippen LogP contribution in [0.15, 0.2) is 113 Å². The van der Waals surface area contributed by atoms with Gasteiger partial charge < -0.3 is 14.6 Å². The summed E-state index contributed by atoms with van der Waals surface area (Å²) in [6, 6.07) is 33.1. The lowest BCUT2D eigenvalue weighted by atomic mass is 9.80. The summed E-state index contributed by atoms with van der Waals surface area (Å²) in [6.45, 7) is 3.30. The number of hydrazine groups is 1. The summed E-state index contributed by atoms with van der Waals surface area (Å²) in [7, 11) is 0. The second kappa shape index (κ2) is 16.4. The van der Waals surface area contributed by atoms with Gasteiger partial charge in [-0.15, -0.1) is 0 Å². The van der Waals surface area contributed by atoms with Crippen LogP contribution in [0.1, 0.15) is 54.5 Å². The maximum absolute atomic E-state index is 14.4. The number of rotatable bonds is 16. The van der Waals surface area contributed by atoms with Crippen LogP contribution in [0.3, 0.4) is 0 Å². The monoisotopic (exact) mass is 632 g/mol. The maximum atomic E-state index is 14.4. The number of hydrogen-bond donors (Lipinski definition) is 3. The molecule has 0 unspecified atom stereocenters. The van der Waals surface area contributed by atoms with Crippen LogP contribution in [0.2, 0.25) is 0 Å². The van der Waals surface area contributed by atoms with Crippen LogP contribution in [0.5, 0.6) is 5.75 Å². The van der Waals surface area contributed by atoms with E-state index in [1.54, 1.807) is 0 Å². The number of aliphatic hydroxyl groups excluding tert-OH is 1. The molecular formula is C37H40N6O4. The van der Waals surface area contributed by atoms with Gasteiger partial charge in [-0.1, -0.05) is 97.3 Å². The second-order valence-corrected chi connectivity index (χ2v) is 11.3. The van der Waals surface area contributed by atoms with E-state index in [2.05, 4.69) is 39.9 Å². The highest BCUT2D eigenvalue weighted by molar-refractivity contribution is 6.01. The number of unbranched alkanes of at least 4 members (excludes halogenated alkanes) is 1. The first kappa shape index (κ1) is 33.2. The third-order valence-corrected chi connectivity index (χ3v) is 8.09. The standard InChI is InChI=1S/C37H40N6O4/c1-2-3-22-39-42-36(45)37(25-31-12-7-8-13-32(31)26-40-43-38)34(29-16-14-28(15-17-29)27-10-5-4-6-11-27)47-35(41-37)30-18-20-33(21-19-30)46-24-9-23-44/h4-8,10-21,34,39,44H,2-3,9,22-26H2,1H3,(H,42,45)/t34-,37-/m0/s1. The largest absolute Gasteiger partial charge is 0.494 e. The summed E-state index contributed by atoms with van der Waals surface area (Å²) < 4.78 is 12.4. The molecule has 0 radical (unpaired) electrons. The Labute approximate surface area is 275 Å². The molecule has 4 aromatic carbocycles. The van der Waals surface area contributed by atoms with Crippen LogP contribution in [0.25, 0.3) is 21.6 Å². The van der Waals surface area contributed by atoms with Gasteiger partial charge in [0.25, 0.3) is 5.91 Å². The van der Waals surface area contributed by atoms with E-state index >= 15 is 0 Å². The number of aliphatic imine (C=N–C) groups is 1. The lowest BCUT2D eigenvalue weighted by Crippen LogP contribution is -2.54. The minimum Gasteiger partial charge on any atom is -0.494 e. The zero-order chi connectivity index (χ0) is 32.9. The fourth-order valence-corrected chi connectivity index (χ4v) is 5.56. The van der Waals surface area contributed by atoms with E-state index in [-0.39, 0.29) is 25.5 Å². The summed E-state index contributed by atoms with van der Waals surface area (Å²) in [4.78, 5) is 22.5. The summed E-state index contributed by atoms with van der Waals surface area (Å²) in [5, 5.41) is 12.9. The van der Waals surface area contributed by atoms with E-state index in [9.17, 15) is 4.79 Å². The average Bonchev–Trinajstić information content (AvgIpc) is 3.51. The van der Waals surface area contributed by atoms with Crippen molar-refractivity contribution in [2.24, 2.45) is 10.1 Å². The normalized spacial score (nSPS) is 16.9. The van der Waals surface area contributed by atoms with Gasteiger partial charge in [-0.3, -0.25) is 10.2 Å². The van der Waals surface area contributed by atoms with Crippen molar-refractivity contribution in [3.05, 3.63) is 136 Å². The Hall–Kier alpha value is -5.15. The molecule has 0 bridgehead atoms. The number of benzene rings is 4. The average molecular weight is 633 g/mol. The Bertz CT molecular complexity index is 1690. The molecule has 0 spiro atoms. The number of amides is 1. The van der Waals surface area contributed by atoms with Crippen LogP contribution in [-0.2, 0) is 22.5 Å². The fraction of sp³-hybridized carbons (Fsp3) is 0.297. The summed E-state index contributed by atoms with van der Waals surface area (Å²) in [5.74, 6) is 0.661. The summed E-state index contributed by atoms with van der Waals surface area (Å²) in [5.41, 5.74) is 18.9. The van der Waals surface area contributed by atoms with E-state index in [0.29, 0.717) is 36.8 Å². The van der Waals surface area contributed by atoms with Crippen LogP contribution < -0.4 is 15.6 Å². The van der Waals surface area contributed by atoms with Crippen molar-refractivity contribution in [3.63, 3.8) is 0 Å². The van der Waals surface area contributed by atoms with Gasteiger partial charge >= 0.3 is 0 Å². The van der Waals surface area contributed by atoms with Gasteiger partial charge in [0.05, 0.1) is 13.2 Å². The van der Waals surface area contributed by atoms with Gasteiger partial charge in [0.15, 0.2) is 11.6 Å². The lowest BCUT2D eigenvalue weighted by molar-refractivity contribution is -0.130. The number of aliphatic hydroxyl groups is 1. The molecule has 242 valence electrons.